The predicted octanol–water partition coefficient (Wildman–Crippen LogP) is 3.68. The van der Waals surface area contributed by atoms with Gasteiger partial charge in [0.2, 0.25) is 0 Å². The fourth-order valence-corrected chi connectivity index (χ4v) is 4.75. The first kappa shape index (κ1) is 14.6. The Bertz CT molecular complexity index is 376. The summed E-state index contributed by atoms with van der Waals surface area (Å²) in [6.45, 7) is 4.73. The molecule has 2 nitrogen and oxygen atoms in total. The molecule has 2 unspecified atom stereocenters. The van der Waals surface area contributed by atoms with Crippen molar-refractivity contribution in [1.82, 2.24) is 10.2 Å². The minimum absolute atomic E-state index is 0.780. The van der Waals surface area contributed by atoms with Crippen LogP contribution in [0.4, 0.5) is 0 Å². The third kappa shape index (κ3) is 3.44. The molecule has 3 heteroatoms. The highest BCUT2D eigenvalue weighted by atomic mass is 32.1. The SMILES string of the molecule is CCCNC1CC2CCCC(C1)N2CCc1ccsc1. The second-order valence-corrected chi connectivity index (χ2v) is 7.26. The molecule has 2 aliphatic heterocycles. The normalized spacial score (nSPS) is 30.6. The van der Waals surface area contributed by atoms with Crippen LogP contribution in [-0.4, -0.2) is 36.1 Å². The van der Waals surface area contributed by atoms with E-state index in [4.69, 9.17) is 0 Å². The van der Waals surface area contributed by atoms with Gasteiger partial charge in [0.25, 0.3) is 0 Å². The molecule has 2 bridgehead atoms. The summed E-state index contributed by atoms with van der Waals surface area (Å²) in [5.41, 5.74) is 1.53. The van der Waals surface area contributed by atoms with Crippen molar-refractivity contribution in [2.75, 3.05) is 13.1 Å². The van der Waals surface area contributed by atoms with Gasteiger partial charge in [0.1, 0.15) is 0 Å². The maximum atomic E-state index is 3.77. The number of hydrogen-bond donors (Lipinski definition) is 1. The summed E-state index contributed by atoms with van der Waals surface area (Å²) >= 11 is 1.83. The Hall–Kier alpha value is -0.380. The largest absolute Gasteiger partial charge is 0.314 e. The lowest BCUT2D eigenvalue weighted by Crippen LogP contribution is -2.56. The third-order valence-electron chi connectivity index (χ3n) is 5.05. The van der Waals surface area contributed by atoms with Gasteiger partial charge in [-0.1, -0.05) is 13.3 Å². The topological polar surface area (TPSA) is 15.3 Å². The zero-order chi connectivity index (χ0) is 13.8. The van der Waals surface area contributed by atoms with Gasteiger partial charge >= 0.3 is 0 Å². The molecule has 2 atom stereocenters. The number of nitrogens with zero attached hydrogens (tertiary/aromatic N) is 1. The molecule has 3 rings (SSSR count). The highest BCUT2D eigenvalue weighted by Crippen LogP contribution is 2.34. The summed E-state index contributed by atoms with van der Waals surface area (Å²) in [5.74, 6) is 0. The first-order valence-corrected chi connectivity index (χ1v) is 9.31. The second kappa shape index (κ2) is 7.06. The lowest BCUT2D eigenvalue weighted by atomic mass is 9.81. The molecule has 0 aliphatic carbocycles. The van der Waals surface area contributed by atoms with Crippen LogP contribution < -0.4 is 5.32 Å². The van der Waals surface area contributed by atoms with E-state index in [-0.39, 0.29) is 0 Å². The summed E-state index contributed by atoms with van der Waals surface area (Å²) in [6, 6.07) is 4.75. The summed E-state index contributed by atoms with van der Waals surface area (Å²) in [5, 5.41) is 8.28. The highest BCUT2D eigenvalue weighted by molar-refractivity contribution is 7.07. The second-order valence-electron chi connectivity index (χ2n) is 6.48. The Labute approximate surface area is 127 Å². The molecule has 0 saturated carbocycles. The van der Waals surface area contributed by atoms with E-state index in [1.54, 1.807) is 0 Å². The number of nitrogens with one attached hydrogen (secondary N) is 1. The van der Waals surface area contributed by atoms with Crippen molar-refractivity contribution < 1.29 is 0 Å². The molecule has 2 fully saturated rings. The summed E-state index contributed by atoms with van der Waals surface area (Å²) in [6.07, 6.45) is 9.54. The lowest BCUT2D eigenvalue weighted by molar-refractivity contribution is 0.0257. The Balaban J connectivity index is 1.55. The van der Waals surface area contributed by atoms with Crippen LogP contribution >= 0.6 is 11.3 Å². The quantitative estimate of drug-likeness (QED) is 0.860. The van der Waals surface area contributed by atoms with E-state index in [0.29, 0.717) is 0 Å². The van der Waals surface area contributed by atoms with Crippen LogP contribution in [0.1, 0.15) is 51.0 Å². The first-order chi connectivity index (χ1) is 9.86. The average molecular weight is 292 g/mol. The molecule has 112 valence electrons. The van der Waals surface area contributed by atoms with Crippen molar-refractivity contribution in [2.24, 2.45) is 0 Å². The fraction of sp³-hybridized carbons (Fsp3) is 0.765. The highest BCUT2D eigenvalue weighted by Gasteiger charge is 2.37. The number of fused-ring (bicyclic) bond motifs is 2. The molecule has 1 aromatic heterocycles. The van der Waals surface area contributed by atoms with Crippen LogP contribution in [0, 0.1) is 0 Å². The van der Waals surface area contributed by atoms with E-state index < -0.39 is 0 Å². The first-order valence-electron chi connectivity index (χ1n) is 8.37. The monoisotopic (exact) mass is 292 g/mol. The Morgan fingerprint density at radius 1 is 1.30 bits per heavy atom. The molecule has 2 saturated heterocycles. The van der Waals surface area contributed by atoms with Crippen molar-refractivity contribution in [2.45, 2.75) is 70.0 Å². The van der Waals surface area contributed by atoms with Gasteiger partial charge in [-0.05, 0) is 67.5 Å². The third-order valence-corrected chi connectivity index (χ3v) is 5.78. The van der Waals surface area contributed by atoms with Crippen LogP contribution in [0.25, 0.3) is 0 Å². The number of piperidine rings is 2. The van der Waals surface area contributed by atoms with Gasteiger partial charge in [-0.25, -0.2) is 0 Å². The molecule has 0 amide bonds. The Morgan fingerprint density at radius 3 is 2.75 bits per heavy atom. The molecule has 0 radical (unpaired) electrons. The summed E-state index contributed by atoms with van der Waals surface area (Å²) in [4.78, 5) is 2.84. The Kier molecular flexibility index (Phi) is 5.14. The van der Waals surface area contributed by atoms with Crippen LogP contribution in [0.2, 0.25) is 0 Å². The smallest absolute Gasteiger partial charge is 0.0113 e. The van der Waals surface area contributed by atoms with Crippen molar-refractivity contribution in [3.63, 3.8) is 0 Å². The van der Waals surface area contributed by atoms with E-state index >= 15 is 0 Å². The molecular weight excluding hydrogens is 264 g/mol. The van der Waals surface area contributed by atoms with E-state index in [1.807, 2.05) is 11.3 Å². The van der Waals surface area contributed by atoms with Crippen LogP contribution in [0.3, 0.4) is 0 Å². The summed E-state index contributed by atoms with van der Waals surface area (Å²) in [7, 11) is 0. The number of thiophene rings is 1. The maximum absolute atomic E-state index is 3.77. The van der Waals surface area contributed by atoms with E-state index in [2.05, 4.69) is 34.0 Å². The molecule has 1 N–H and O–H groups in total. The molecule has 2 aliphatic rings. The minimum Gasteiger partial charge on any atom is -0.314 e. The van der Waals surface area contributed by atoms with Gasteiger partial charge in [0.15, 0.2) is 0 Å². The van der Waals surface area contributed by atoms with E-state index in [9.17, 15) is 0 Å². The average Bonchev–Trinajstić information content (AvgIpc) is 2.95. The zero-order valence-electron chi connectivity index (χ0n) is 12.7. The van der Waals surface area contributed by atoms with Gasteiger partial charge < -0.3 is 5.32 Å². The van der Waals surface area contributed by atoms with Crippen molar-refractivity contribution >= 4 is 11.3 Å². The zero-order valence-corrected chi connectivity index (χ0v) is 13.5. The van der Waals surface area contributed by atoms with Crippen molar-refractivity contribution in [3.05, 3.63) is 22.4 Å². The fourth-order valence-electron chi connectivity index (χ4n) is 4.05. The van der Waals surface area contributed by atoms with Gasteiger partial charge in [-0.3, -0.25) is 4.90 Å². The number of hydrogen-bond acceptors (Lipinski definition) is 3. The molecule has 1 aromatic rings. The number of rotatable bonds is 6. The van der Waals surface area contributed by atoms with Crippen LogP contribution in [0.15, 0.2) is 16.8 Å². The maximum Gasteiger partial charge on any atom is 0.0113 e. The van der Waals surface area contributed by atoms with Crippen LogP contribution in [0.5, 0.6) is 0 Å². The van der Waals surface area contributed by atoms with Gasteiger partial charge in [0.05, 0.1) is 0 Å². The summed E-state index contributed by atoms with van der Waals surface area (Å²) < 4.78 is 0. The molecule has 20 heavy (non-hydrogen) atoms. The minimum atomic E-state index is 0.780. The van der Waals surface area contributed by atoms with Gasteiger partial charge in [-0.15, -0.1) is 0 Å². The van der Waals surface area contributed by atoms with E-state index in [0.717, 1.165) is 18.1 Å². The van der Waals surface area contributed by atoms with Crippen LogP contribution in [-0.2, 0) is 6.42 Å². The lowest BCUT2D eigenvalue weighted by Gasteiger charge is -2.49. The molecule has 3 heterocycles. The molecule has 0 spiro atoms. The molecule has 0 aromatic carbocycles. The van der Waals surface area contributed by atoms with Gasteiger partial charge in [-0.2, -0.15) is 11.3 Å². The predicted molar refractivity (Wildman–Crippen MR) is 87.5 cm³/mol. The van der Waals surface area contributed by atoms with Gasteiger partial charge in [0, 0.05) is 24.7 Å². The van der Waals surface area contributed by atoms with Crippen molar-refractivity contribution in [3.8, 4) is 0 Å². The van der Waals surface area contributed by atoms with Crippen molar-refractivity contribution in [1.29, 1.82) is 0 Å². The molecular formula is C17H28N2S. The van der Waals surface area contributed by atoms with E-state index in [1.165, 1.54) is 63.6 Å². The standard InChI is InChI=1S/C17H28N2S/c1-2-8-18-15-11-16-4-3-5-17(12-15)19(16)9-6-14-7-10-20-13-14/h7,10,13,15-18H,2-6,8-9,11-12H2,1H3. The Morgan fingerprint density at radius 2 is 2.10 bits per heavy atom.